The van der Waals surface area contributed by atoms with E-state index in [2.05, 4.69) is 6.92 Å². The molecule has 0 aromatic heterocycles. The van der Waals surface area contributed by atoms with Crippen LogP contribution in [0, 0.1) is 5.92 Å². The Morgan fingerprint density at radius 1 is 1.33 bits per heavy atom. The fourth-order valence-electron chi connectivity index (χ4n) is 2.62. The number of amides is 1. The third-order valence-electron chi connectivity index (χ3n) is 3.61. The van der Waals surface area contributed by atoms with Crippen molar-refractivity contribution >= 4 is 39.1 Å². The van der Waals surface area contributed by atoms with Gasteiger partial charge >= 0.3 is 0 Å². The number of carbonyl (C=O) groups excluding carboxylic acids is 1. The third kappa shape index (κ3) is 3.34. The number of halogens is 2. The van der Waals surface area contributed by atoms with Crippen LogP contribution in [0.3, 0.4) is 0 Å². The summed E-state index contributed by atoms with van der Waals surface area (Å²) in [5.74, 6) is 0.0591. The molecule has 1 aliphatic rings. The van der Waals surface area contributed by atoms with Crippen LogP contribution >= 0.6 is 23.2 Å². The Hall–Kier alpha value is -0.820. The number of benzene rings is 1. The number of likely N-dealkylation sites (tertiary alicyclic amines) is 1. The van der Waals surface area contributed by atoms with E-state index in [0.717, 1.165) is 12.5 Å². The minimum Gasteiger partial charge on any atom is -0.336 e. The lowest BCUT2D eigenvalue weighted by atomic mass is 10.1. The Balaban J connectivity index is 2.48. The van der Waals surface area contributed by atoms with Gasteiger partial charge in [-0.3, -0.25) is 4.79 Å². The molecule has 8 heteroatoms. The van der Waals surface area contributed by atoms with Crippen molar-refractivity contribution < 1.29 is 13.2 Å². The summed E-state index contributed by atoms with van der Waals surface area (Å²) in [6.07, 6.45) is 0.895. The van der Waals surface area contributed by atoms with E-state index in [1.165, 1.54) is 6.07 Å². The largest absolute Gasteiger partial charge is 0.336 e. The number of sulfonamides is 1. The van der Waals surface area contributed by atoms with Gasteiger partial charge in [-0.05, 0) is 31.4 Å². The minimum absolute atomic E-state index is 0.00793. The van der Waals surface area contributed by atoms with Gasteiger partial charge in [0.1, 0.15) is 0 Å². The van der Waals surface area contributed by atoms with Crippen molar-refractivity contribution in [2.24, 2.45) is 11.1 Å². The summed E-state index contributed by atoms with van der Waals surface area (Å²) in [6, 6.07) is 2.40. The molecule has 1 aliphatic heterocycles. The predicted molar refractivity (Wildman–Crippen MR) is 82.1 cm³/mol. The zero-order valence-electron chi connectivity index (χ0n) is 11.6. The van der Waals surface area contributed by atoms with Crippen molar-refractivity contribution in [3.05, 3.63) is 27.7 Å². The maximum Gasteiger partial charge on any atom is 0.255 e. The van der Waals surface area contributed by atoms with E-state index >= 15 is 0 Å². The molecule has 0 aliphatic carbocycles. The fraction of sp³-hybridized carbons (Fsp3) is 0.462. The molecule has 1 amide bonds. The first-order chi connectivity index (χ1) is 9.61. The first-order valence-corrected chi connectivity index (χ1v) is 8.74. The minimum atomic E-state index is -3.96. The van der Waals surface area contributed by atoms with E-state index in [4.69, 9.17) is 28.3 Å². The van der Waals surface area contributed by atoms with Gasteiger partial charge in [-0.1, -0.05) is 30.1 Å². The average molecular weight is 351 g/mol. The van der Waals surface area contributed by atoms with E-state index in [1.54, 1.807) is 4.90 Å². The molecule has 2 atom stereocenters. The monoisotopic (exact) mass is 350 g/mol. The van der Waals surface area contributed by atoms with Crippen LogP contribution < -0.4 is 5.14 Å². The third-order valence-corrected chi connectivity index (χ3v) is 5.30. The molecular formula is C13H16Cl2N2O3S. The van der Waals surface area contributed by atoms with Crippen molar-refractivity contribution in [2.75, 3.05) is 6.54 Å². The summed E-state index contributed by atoms with van der Waals surface area (Å²) < 4.78 is 22.9. The van der Waals surface area contributed by atoms with Gasteiger partial charge < -0.3 is 4.90 Å². The first kappa shape index (κ1) is 16.5. The van der Waals surface area contributed by atoms with Crippen molar-refractivity contribution in [1.82, 2.24) is 4.90 Å². The van der Waals surface area contributed by atoms with Crippen LogP contribution in [0.4, 0.5) is 0 Å². The van der Waals surface area contributed by atoms with E-state index in [-0.39, 0.29) is 32.5 Å². The fourth-order valence-corrected chi connectivity index (χ4v) is 3.66. The molecule has 5 nitrogen and oxygen atoms in total. The molecule has 0 saturated carbocycles. The topological polar surface area (TPSA) is 80.5 Å². The number of nitrogens with zero attached hydrogens (tertiary/aromatic N) is 1. The van der Waals surface area contributed by atoms with E-state index in [0.29, 0.717) is 12.5 Å². The molecule has 116 valence electrons. The van der Waals surface area contributed by atoms with Gasteiger partial charge in [-0.2, -0.15) is 0 Å². The van der Waals surface area contributed by atoms with Gasteiger partial charge in [0.05, 0.1) is 20.5 Å². The summed E-state index contributed by atoms with van der Waals surface area (Å²) in [7, 11) is -3.96. The Morgan fingerprint density at radius 2 is 1.95 bits per heavy atom. The van der Waals surface area contributed by atoms with Crippen LogP contribution in [-0.4, -0.2) is 31.8 Å². The summed E-state index contributed by atoms with van der Waals surface area (Å²) >= 11 is 12.0. The molecule has 2 rings (SSSR count). The van der Waals surface area contributed by atoms with E-state index in [1.807, 2.05) is 6.92 Å². The van der Waals surface area contributed by atoms with Crippen LogP contribution in [-0.2, 0) is 10.0 Å². The summed E-state index contributed by atoms with van der Waals surface area (Å²) in [4.78, 5) is 14.1. The molecule has 2 unspecified atom stereocenters. The number of primary sulfonamides is 1. The quantitative estimate of drug-likeness (QED) is 0.889. The highest BCUT2D eigenvalue weighted by Gasteiger charge is 2.32. The number of carbonyl (C=O) groups is 1. The maximum absolute atomic E-state index is 12.6. The van der Waals surface area contributed by atoms with Crippen LogP contribution in [0.2, 0.25) is 10.0 Å². The van der Waals surface area contributed by atoms with Gasteiger partial charge in [0.15, 0.2) is 0 Å². The van der Waals surface area contributed by atoms with Crippen molar-refractivity contribution in [1.29, 1.82) is 0 Å². The Labute approximate surface area is 134 Å². The van der Waals surface area contributed by atoms with Crippen LogP contribution in [0.15, 0.2) is 17.0 Å². The second kappa shape index (κ2) is 5.76. The molecule has 1 saturated heterocycles. The van der Waals surface area contributed by atoms with Gasteiger partial charge in [-0.15, -0.1) is 0 Å². The van der Waals surface area contributed by atoms with E-state index < -0.39 is 10.0 Å². The molecule has 21 heavy (non-hydrogen) atoms. The van der Waals surface area contributed by atoms with Gasteiger partial charge in [0.25, 0.3) is 5.91 Å². The lowest BCUT2D eigenvalue weighted by Crippen LogP contribution is -2.34. The number of rotatable bonds is 2. The van der Waals surface area contributed by atoms with E-state index in [9.17, 15) is 13.2 Å². The lowest BCUT2D eigenvalue weighted by molar-refractivity contribution is 0.0743. The number of hydrogen-bond acceptors (Lipinski definition) is 3. The zero-order chi connectivity index (χ0) is 15.9. The van der Waals surface area contributed by atoms with Crippen LogP contribution in [0.5, 0.6) is 0 Å². The second-order valence-corrected chi connectivity index (χ2v) is 7.81. The Morgan fingerprint density at radius 3 is 2.43 bits per heavy atom. The van der Waals surface area contributed by atoms with Gasteiger partial charge in [0, 0.05) is 12.6 Å². The van der Waals surface area contributed by atoms with Crippen LogP contribution in [0.1, 0.15) is 30.6 Å². The normalized spacial score (nSPS) is 22.6. The Kier molecular flexibility index (Phi) is 4.54. The summed E-state index contributed by atoms with van der Waals surface area (Å²) in [5.41, 5.74) is 0.0640. The van der Waals surface area contributed by atoms with Gasteiger partial charge in [-0.25, -0.2) is 13.6 Å². The maximum atomic E-state index is 12.6. The average Bonchev–Trinajstić information content (AvgIpc) is 2.69. The lowest BCUT2D eigenvalue weighted by Gasteiger charge is -2.22. The molecule has 1 aromatic carbocycles. The van der Waals surface area contributed by atoms with Crippen LogP contribution in [0.25, 0.3) is 0 Å². The number of hydrogen-bond donors (Lipinski definition) is 1. The first-order valence-electron chi connectivity index (χ1n) is 6.44. The standard InChI is InChI=1S/C13H16Cl2N2O3S/c1-7-3-8(2)17(6-7)13(18)10-4-9(21(16,19)20)5-11(14)12(10)15/h4-5,7-8H,3,6H2,1-2H3,(H2,16,19,20). The smallest absolute Gasteiger partial charge is 0.255 e. The number of nitrogens with two attached hydrogens (primary N) is 1. The van der Waals surface area contributed by atoms with Crippen molar-refractivity contribution in [3.8, 4) is 0 Å². The molecule has 0 bridgehead atoms. The second-order valence-electron chi connectivity index (χ2n) is 5.46. The molecular weight excluding hydrogens is 335 g/mol. The molecule has 2 N–H and O–H groups in total. The van der Waals surface area contributed by atoms with Crippen molar-refractivity contribution in [3.63, 3.8) is 0 Å². The predicted octanol–water partition coefficient (Wildman–Crippen LogP) is 2.51. The summed E-state index contributed by atoms with van der Waals surface area (Å²) in [5, 5.41) is 5.13. The SMILES string of the molecule is CC1CC(C)N(C(=O)c2cc(S(N)(=O)=O)cc(Cl)c2Cl)C1. The molecule has 0 spiro atoms. The highest BCUT2D eigenvalue weighted by molar-refractivity contribution is 7.89. The molecule has 1 fully saturated rings. The summed E-state index contributed by atoms with van der Waals surface area (Å²) in [6.45, 7) is 4.60. The van der Waals surface area contributed by atoms with Crippen molar-refractivity contribution in [2.45, 2.75) is 31.2 Å². The highest BCUT2D eigenvalue weighted by Crippen LogP contribution is 2.32. The highest BCUT2D eigenvalue weighted by atomic mass is 35.5. The molecule has 1 aromatic rings. The molecule has 1 heterocycles. The molecule has 0 radical (unpaired) electrons. The zero-order valence-corrected chi connectivity index (χ0v) is 14.0. The van der Waals surface area contributed by atoms with Gasteiger partial charge in [0.2, 0.25) is 10.0 Å². The Bertz CT molecular complexity index is 691.